The van der Waals surface area contributed by atoms with Crippen LogP contribution >= 0.6 is 0 Å². The summed E-state index contributed by atoms with van der Waals surface area (Å²) in [6.07, 6.45) is 3.56. The van der Waals surface area contributed by atoms with Crippen molar-refractivity contribution in [3.63, 3.8) is 0 Å². The van der Waals surface area contributed by atoms with Crippen molar-refractivity contribution in [2.45, 2.75) is 33.9 Å². The van der Waals surface area contributed by atoms with E-state index in [1.807, 2.05) is 26.8 Å². The molecule has 3 heteroatoms. The molecule has 16 heavy (non-hydrogen) atoms. The van der Waals surface area contributed by atoms with Crippen LogP contribution in [0.1, 0.15) is 27.7 Å². The molecule has 0 nitrogen and oxygen atoms in total. The van der Waals surface area contributed by atoms with Crippen molar-refractivity contribution < 1.29 is 13.2 Å². The Kier molecular flexibility index (Phi) is 5.86. The van der Waals surface area contributed by atoms with Crippen LogP contribution in [-0.2, 0) is 0 Å². The molecule has 0 bridgehead atoms. The van der Waals surface area contributed by atoms with Gasteiger partial charge in [0, 0.05) is 5.57 Å². The summed E-state index contributed by atoms with van der Waals surface area (Å²) in [5.74, 6) is 0. The van der Waals surface area contributed by atoms with Crippen molar-refractivity contribution in [1.29, 1.82) is 0 Å². The lowest BCUT2D eigenvalue weighted by molar-refractivity contribution is -0.0912. The van der Waals surface area contributed by atoms with Gasteiger partial charge in [-0.3, -0.25) is 0 Å². The molecule has 0 aliphatic rings. The van der Waals surface area contributed by atoms with E-state index in [1.165, 1.54) is 6.08 Å². The van der Waals surface area contributed by atoms with Crippen LogP contribution in [0.25, 0.3) is 0 Å². The minimum Gasteiger partial charge on any atom is -0.166 e. The van der Waals surface area contributed by atoms with E-state index in [9.17, 15) is 13.2 Å². The summed E-state index contributed by atoms with van der Waals surface area (Å²) in [6.45, 7) is 6.89. The average molecular weight is 230 g/mol. The van der Waals surface area contributed by atoms with Crippen LogP contribution in [0.2, 0.25) is 0 Å². The molecule has 0 unspecified atom stereocenters. The highest BCUT2D eigenvalue weighted by Crippen LogP contribution is 2.24. The topological polar surface area (TPSA) is 0 Å². The Hall–Kier alpha value is -1.25. The molecule has 0 amide bonds. The third-order valence-electron chi connectivity index (χ3n) is 1.78. The zero-order valence-corrected chi connectivity index (χ0v) is 10.0. The first-order valence-electron chi connectivity index (χ1n) is 4.97. The maximum absolute atomic E-state index is 12.1. The molecule has 0 saturated carbocycles. The standard InChI is InChI=1S/C13H17F3/c1-10(2)9-11(3)7-5-6-8-12(4)13(14,15)16/h5-9H,1-4H3/b6-5+,11-7+,12-8+. The van der Waals surface area contributed by atoms with Gasteiger partial charge in [0.25, 0.3) is 0 Å². The van der Waals surface area contributed by atoms with E-state index in [-0.39, 0.29) is 0 Å². The van der Waals surface area contributed by atoms with Gasteiger partial charge in [0.15, 0.2) is 0 Å². The number of hydrogen-bond donors (Lipinski definition) is 0. The molecule has 0 heterocycles. The van der Waals surface area contributed by atoms with Crippen molar-refractivity contribution in [1.82, 2.24) is 0 Å². The Morgan fingerprint density at radius 3 is 1.81 bits per heavy atom. The lowest BCUT2D eigenvalue weighted by Crippen LogP contribution is -2.08. The van der Waals surface area contributed by atoms with Gasteiger partial charge >= 0.3 is 6.18 Å². The van der Waals surface area contributed by atoms with E-state index < -0.39 is 11.7 Å². The second-order valence-corrected chi connectivity index (χ2v) is 3.86. The van der Waals surface area contributed by atoms with E-state index in [2.05, 4.69) is 0 Å². The number of rotatable bonds is 3. The molecule has 0 spiro atoms. The second-order valence-electron chi connectivity index (χ2n) is 3.86. The molecular weight excluding hydrogens is 213 g/mol. The van der Waals surface area contributed by atoms with Crippen LogP contribution in [0.3, 0.4) is 0 Å². The van der Waals surface area contributed by atoms with Crippen LogP contribution in [0.4, 0.5) is 13.2 Å². The molecule has 90 valence electrons. The molecule has 0 fully saturated rings. The summed E-state index contributed by atoms with van der Waals surface area (Å²) in [4.78, 5) is 0. The summed E-state index contributed by atoms with van der Waals surface area (Å²) >= 11 is 0. The van der Waals surface area contributed by atoms with Crippen LogP contribution in [0.5, 0.6) is 0 Å². The van der Waals surface area contributed by atoms with Crippen molar-refractivity contribution in [2.24, 2.45) is 0 Å². The number of alkyl halides is 3. The molecule has 0 aliphatic heterocycles. The monoisotopic (exact) mass is 230 g/mol. The second kappa shape index (κ2) is 6.36. The minimum atomic E-state index is -4.23. The summed E-state index contributed by atoms with van der Waals surface area (Å²) in [6, 6.07) is 0. The normalized spacial score (nSPS) is 14.4. The molecule has 0 radical (unpaired) electrons. The lowest BCUT2D eigenvalue weighted by Gasteiger charge is -2.03. The molecule has 0 aromatic heterocycles. The predicted molar refractivity (Wildman–Crippen MR) is 62.1 cm³/mol. The van der Waals surface area contributed by atoms with Gasteiger partial charge in [-0.1, -0.05) is 41.5 Å². The van der Waals surface area contributed by atoms with Gasteiger partial charge in [-0.2, -0.15) is 13.2 Å². The third-order valence-corrected chi connectivity index (χ3v) is 1.78. The summed E-state index contributed by atoms with van der Waals surface area (Å²) in [5.41, 5.74) is 1.57. The number of allylic oxidation sites excluding steroid dienone is 8. The van der Waals surface area contributed by atoms with E-state index in [1.54, 1.807) is 12.2 Å². The summed E-state index contributed by atoms with van der Waals surface area (Å²) < 4.78 is 36.2. The van der Waals surface area contributed by atoms with Gasteiger partial charge in [0.1, 0.15) is 0 Å². The Bertz CT molecular complexity index is 335. The van der Waals surface area contributed by atoms with Crippen molar-refractivity contribution >= 4 is 0 Å². The fourth-order valence-electron chi connectivity index (χ4n) is 1.01. The zero-order chi connectivity index (χ0) is 12.8. The summed E-state index contributed by atoms with van der Waals surface area (Å²) in [7, 11) is 0. The first-order chi connectivity index (χ1) is 7.23. The first-order valence-corrected chi connectivity index (χ1v) is 4.97. The SMILES string of the molecule is CC(C)=C/C(C)=C/C=C/C=C(\C)C(F)(F)F. The molecule has 0 rings (SSSR count). The average Bonchev–Trinajstić information content (AvgIpc) is 2.09. The van der Waals surface area contributed by atoms with Gasteiger partial charge in [-0.15, -0.1) is 0 Å². The predicted octanol–water partition coefficient (Wildman–Crippen LogP) is 4.96. The molecule has 0 aromatic carbocycles. The molecule has 0 aliphatic carbocycles. The Morgan fingerprint density at radius 2 is 1.38 bits per heavy atom. The molecule has 0 atom stereocenters. The van der Waals surface area contributed by atoms with Crippen molar-refractivity contribution in [2.75, 3.05) is 0 Å². The van der Waals surface area contributed by atoms with Gasteiger partial charge in [0.2, 0.25) is 0 Å². The first kappa shape index (κ1) is 14.8. The maximum atomic E-state index is 12.1. The summed E-state index contributed by atoms with van der Waals surface area (Å²) in [5, 5.41) is 0. The van der Waals surface area contributed by atoms with Gasteiger partial charge in [-0.25, -0.2) is 0 Å². The molecule has 0 aromatic rings. The van der Waals surface area contributed by atoms with Crippen LogP contribution in [0, 0.1) is 0 Å². The third kappa shape index (κ3) is 7.10. The molecule has 0 saturated heterocycles. The van der Waals surface area contributed by atoms with Gasteiger partial charge in [-0.05, 0) is 27.7 Å². The van der Waals surface area contributed by atoms with E-state index in [0.717, 1.165) is 24.1 Å². The quantitative estimate of drug-likeness (QED) is 0.601. The fraction of sp³-hybridized carbons (Fsp3) is 0.385. The Balaban J connectivity index is 4.49. The number of hydrogen-bond acceptors (Lipinski definition) is 0. The van der Waals surface area contributed by atoms with Crippen molar-refractivity contribution in [3.8, 4) is 0 Å². The minimum absolute atomic E-state index is 0.600. The zero-order valence-electron chi connectivity index (χ0n) is 10.0. The van der Waals surface area contributed by atoms with Crippen LogP contribution in [0.15, 0.2) is 47.1 Å². The lowest BCUT2D eigenvalue weighted by atomic mass is 10.2. The van der Waals surface area contributed by atoms with Crippen molar-refractivity contribution in [3.05, 3.63) is 47.1 Å². The van der Waals surface area contributed by atoms with Crippen LogP contribution in [-0.4, -0.2) is 6.18 Å². The highest BCUT2D eigenvalue weighted by molar-refractivity contribution is 5.26. The number of halogens is 3. The Morgan fingerprint density at radius 1 is 0.875 bits per heavy atom. The molecule has 0 N–H and O–H groups in total. The largest absolute Gasteiger partial charge is 0.412 e. The Labute approximate surface area is 94.9 Å². The van der Waals surface area contributed by atoms with E-state index >= 15 is 0 Å². The van der Waals surface area contributed by atoms with E-state index in [4.69, 9.17) is 0 Å². The van der Waals surface area contributed by atoms with Crippen LogP contribution < -0.4 is 0 Å². The molecular formula is C13H17F3. The highest BCUT2D eigenvalue weighted by Gasteiger charge is 2.29. The van der Waals surface area contributed by atoms with Gasteiger partial charge < -0.3 is 0 Å². The highest BCUT2D eigenvalue weighted by atomic mass is 19.4. The van der Waals surface area contributed by atoms with Gasteiger partial charge in [0.05, 0.1) is 0 Å². The maximum Gasteiger partial charge on any atom is 0.412 e. The van der Waals surface area contributed by atoms with E-state index in [0.29, 0.717) is 0 Å². The smallest absolute Gasteiger partial charge is 0.166 e. The fourth-order valence-corrected chi connectivity index (χ4v) is 1.01.